The minimum atomic E-state index is -3.88. The molecule has 0 unspecified atom stereocenters. The Balaban J connectivity index is 2.12. The Morgan fingerprint density at radius 1 is 1.33 bits per heavy atom. The molecule has 112 valence electrons. The van der Waals surface area contributed by atoms with E-state index in [0.717, 1.165) is 0 Å². The lowest BCUT2D eigenvalue weighted by Gasteiger charge is -2.08. The second-order valence-electron chi connectivity index (χ2n) is 4.17. The predicted molar refractivity (Wildman–Crippen MR) is 77.7 cm³/mol. The maximum absolute atomic E-state index is 12.1. The van der Waals surface area contributed by atoms with Crippen molar-refractivity contribution in [3.63, 3.8) is 0 Å². The number of amides is 1. The number of carbonyl (C=O) groups is 1. The van der Waals surface area contributed by atoms with Gasteiger partial charge in [0.05, 0.1) is 17.5 Å². The predicted octanol–water partition coefficient (Wildman–Crippen LogP) is 0.509. The smallest absolute Gasteiger partial charge is 0.267 e. The fourth-order valence-corrected chi connectivity index (χ4v) is 2.93. The summed E-state index contributed by atoms with van der Waals surface area (Å²) >= 11 is 3.18. The molecule has 0 fully saturated rings. The molecule has 0 aromatic carbocycles. The Labute approximate surface area is 129 Å². The van der Waals surface area contributed by atoms with Gasteiger partial charge >= 0.3 is 0 Å². The molecule has 0 aliphatic carbocycles. The van der Waals surface area contributed by atoms with Gasteiger partial charge in [0.25, 0.3) is 15.9 Å². The molecule has 0 radical (unpaired) electrons. The molecule has 10 heteroatoms. The first-order chi connectivity index (χ1) is 9.81. The number of hydrogen-bond donors (Lipinski definition) is 2. The van der Waals surface area contributed by atoms with Crippen LogP contribution in [0.5, 0.6) is 0 Å². The lowest BCUT2D eigenvalue weighted by atomic mass is 10.3. The van der Waals surface area contributed by atoms with Gasteiger partial charge in [0, 0.05) is 23.9 Å². The summed E-state index contributed by atoms with van der Waals surface area (Å²) in [7, 11) is -2.26. The number of nitrogens with one attached hydrogen (secondary N) is 2. The van der Waals surface area contributed by atoms with E-state index in [1.807, 2.05) is 4.83 Å². The summed E-state index contributed by atoms with van der Waals surface area (Å²) in [5.41, 5.74) is 2.80. The molecule has 2 N–H and O–H groups in total. The molecule has 21 heavy (non-hydrogen) atoms. The molecule has 1 amide bonds. The molecule has 0 atom stereocenters. The topological polar surface area (TPSA) is 106 Å². The number of hydrogen-bond acceptors (Lipinski definition) is 5. The quantitative estimate of drug-likeness (QED) is 0.759. The minimum absolute atomic E-state index is 0.00216. The maximum Gasteiger partial charge on any atom is 0.267 e. The highest BCUT2D eigenvalue weighted by Crippen LogP contribution is 2.12. The highest BCUT2D eigenvalue weighted by atomic mass is 79.9. The van der Waals surface area contributed by atoms with Gasteiger partial charge in [-0.25, -0.2) is 8.42 Å². The van der Waals surface area contributed by atoms with Crippen LogP contribution in [0.1, 0.15) is 16.1 Å². The molecule has 0 spiro atoms. The number of halogens is 1. The van der Waals surface area contributed by atoms with Gasteiger partial charge in [-0.1, -0.05) is 0 Å². The van der Waals surface area contributed by atoms with Crippen LogP contribution in [0.2, 0.25) is 0 Å². The Kier molecular flexibility index (Phi) is 4.40. The first kappa shape index (κ1) is 15.6. The van der Waals surface area contributed by atoms with Crippen molar-refractivity contribution in [1.82, 2.24) is 25.0 Å². The summed E-state index contributed by atoms with van der Waals surface area (Å²) in [6, 6.07) is 1.52. The number of carbonyl (C=O) groups excluding carboxylic acids is 1. The summed E-state index contributed by atoms with van der Waals surface area (Å²) in [5.74, 6) is -0.617. The van der Waals surface area contributed by atoms with Crippen molar-refractivity contribution in [1.29, 1.82) is 0 Å². The molecule has 2 aromatic rings. The van der Waals surface area contributed by atoms with Crippen LogP contribution in [0, 0.1) is 6.92 Å². The van der Waals surface area contributed by atoms with E-state index in [9.17, 15) is 13.2 Å². The lowest BCUT2D eigenvalue weighted by molar-refractivity contribution is 0.0944. The highest BCUT2D eigenvalue weighted by Gasteiger charge is 2.21. The van der Waals surface area contributed by atoms with Crippen LogP contribution in [0.25, 0.3) is 0 Å². The molecule has 8 nitrogen and oxygen atoms in total. The fraction of sp³-hybridized carbons (Fsp3) is 0.182. The maximum atomic E-state index is 12.1. The Bertz CT molecular complexity index is 787. The Morgan fingerprint density at radius 3 is 2.62 bits per heavy atom. The van der Waals surface area contributed by atoms with E-state index in [4.69, 9.17) is 0 Å². The largest absolute Gasteiger partial charge is 0.273 e. The molecule has 2 rings (SSSR count). The van der Waals surface area contributed by atoms with Crippen molar-refractivity contribution >= 4 is 31.9 Å². The van der Waals surface area contributed by atoms with E-state index in [2.05, 4.69) is 31.4 Å². The SMILES string of the molecule is Cc1c(S(=O)(=O)NNC(=O)c2cncc(Br)c2)cnn1C. The van der Waals surface area contributed by atoms with Crippen molar-refractivity contribution in [3.8, 4) is 0 Å². The summed E-state index contributed by atoms with van der Waals surface area (Å²) in [6.07, 6.45) is 4.05. The zero-order valence-electron chi connectivity index (χ0n) is 11.2. The standard InChI is InChI=1S/C11H12BrN5O3S/c1-7-10(6-14-17(7)2)21(19,20)16-15-11(18)8-3-9(12)5-13-4-8/h3-6,16H,1-2H3,(H,15,18). The van der Waals surface area contributed by atoms with Gasteiger partial charge in [-0.3, -0.25) is 19.9 Å². The third kappa shape index (κ3) is 3.46. The van der Waals surface area contributed by atoms with E-state index in [1.165, 1.54) is 29.3 Å². The molecule has 0 aliphatic heterocycles. The molecule has 2 heterocycles. The van der Waals surface area contributed by atoms with Crippen LogP contribution in [-0.2, 0) is 17.1 Å². The Hall–Kier alpha value is -1.78. The second kappa shape index (κ2) is 5.92. The van der Waals surface area contributed by atoms with Crippen LogP contribution >= 0.6 is 15.9 Å². The summed E-state index contributed by atoms with van der Waals surface area (Å²) in [4.78, 5) is 17.7. The van der Waals surface area contributed by atoms with Crippen LogP contribution < -0.4 is 10.3 Å². The molecule has 0 saturated carbocycles. The van der Waals surface area contributed by atoms with Gasteiger partial charge in [0.15, 0.2) is 0 Å². The number of pyridine rings is 1. The number of aromatic nitrogens is 3. The van der Waals surface area contributed by atoms with Gasteiger partial charge < -0.3 is 0 Å². The summed E-state index contributed by atoms with van der Waals surface area (Å²) < 4.78 is 26.2. The van der Waals surface area contributed by atoms with Crippen molar-refractivity contribution in [2.24, 2.45) is 7.05 Å². The number of aryl methyl sites for hydroxylation is 1. The van der Waals surface area contributed by atoms with Crippen molar-refractivity contribution in [2.45, 2.75) is 11.8 Å². The third-order valence-corrected chi connectivity index (χ3v) is 4.53. The molecule has 0 bridgehead atoms. The van der Waals surface area contributed by atoms with Crippen molar-refractivity contribution in [3.05, 3.63) is 40.4 Å². The van der Waals surface area contributed by atoms with Crippen LogP contribution in [0.4, 0.5) is 0 Å². The summed E-state index contributed by atoms with van der Waals surface area (Å²) in [6.45, 7) is 1.61. The van der Waals surface area contributed by atoms with Crippen LogP contribution in [-0.4, -0.2) is 29.1 Å². The zero-order chi connectivity index (χ0) is 15.6. The molecular weight excluding hydrogens is 362 g/mol. The lowest BCUT2D eigenvalue weighted by Crippen LogP contribution is -2.41. The highest BCUT2D eigenvalue weighted by molar-refractivity contribution is 9.10. The van der Waals surface area contributed by atoms with E-state index >= 15 is 0 Å². The van der Waals surface area contributed by atoms with E-state index < -0.39 is 15.9 Å². The molecule has 2 aromatic heterocycles. The van der Waals surface area contributed by atoms with E-state index in [-0.39, 0.29) is 10.5 Å². The van der Waals surface area contributed by atoms with Crippen LogP contribution in [0.3, 0.4) is 0 Å². The van der Waals surface area contributed by atoms with Crippen molar-refractivity contribution < 1.29 is 13.2 Å². The van der Waals surface area contributed by atoms with Gasteiger partial charge in [-0.15, -0.1) is 4.83 Å². The fourth-order valence-electron chi connectivity index (χ4n) is 1.52. The van der Waals surface area contributed by atoms with Crippen molar-refractivity contribution in [2.75, 3.05) is 0 Å². The normalized spacial score (nSPS) is 11.4. The number of nitrogens with zero attached hydrogens (tertiary/aromatic N) is 3. The van der Waals surface area contributed by atoms with Gasteiger partial charge in [0.1, 0.15) is 4.90 Å². The average molecular weight is 374 g/mol. The van der Waals surface area contributed by atoms with Crippen LogP contribution in [0.15, 0.2) is 34.0 Å². The number of sulfonamides is 1. The number of rotatable bonds is 4. The summed E-state index contributed by atoms with van der Waals surface area (Å²) in [5, 5.41) is 3.85. The third-order valence-electron chi connectivity index (χ3n) is 2.75. The first-order valence-corrected chi connectivity index (χ1v) is 8.00. The molecule has 0 saturated heterocycles. The zero-order valence-corrected chi connectivity index (χ0v) is 13.6. The van der Waals surface area contributed by atoms with E-state index in [0.29, 0.717) is 10.2 Å². The van der Waals surface area contributed by atoms with Gasteiger partial charge in [-0.05, 0) is 28.9 Å². The second-order valence-corrected chi connectivity index (χ2v) is 6.74. The molecular formula is C11H12BrN5O3S. The van der Waals surface area contributed by atoms with E-state index in [1.54, 1.807) is 14.0 Å². The van der Waals surface area contributed by atoms with Gasteiger partial charge in [-0.2, -0.15) is 5.10 Å². The van der Waals surface area contributed by atoms with Gasteiger partial charge in [0.2, 0.25) is 0 Å². The Morgan fingerprint density at radius 2 is 2.05 bits per heavy atom. The molecule has 0 aliphatic rings. The first-order valence-electron chi connectivity index (χ1n) is 5.72. The average Bonchev–Trinajstić information content (AvgIpc) is 2.77. The number of hydrazine groups is 1. The minimum Gasteiger partial charge on any atom is -0.273 e. The monoisotopic (exact) mass is 373 g/mol.